The number of hydrazine groups is 1. The molecule has 7 nitrogen and oxygen atoms in total. The van der Waals surface area contributed by atoms with Gasteiger partial charge in [0.15, 0.2) is 11.6 Å². The molecular weight excluding hydrogens is 340 g/mol. The molecule has 25 heavy (non-hydrogen) atoms. The standard InChI is InChI=1S/C17H21ClN6O/c1-11-5-2-3-8-24(11)16-14(19)15(20-10-21-16)22-23-17(25)12-6-4-7-13(18)9-12/h4,6-7,9-11H,2-3,5,8,19H2,1H3,(H,23,25)(H,20,21,22). The number of amides is 1. The minimum absolute atomic E-state index is 0.326. The summed E-state index contributed by atoms with van der Waals surface area (Å²) in [6.45, 7) is 3.07. The van der Waals surface area contributed by atoms with E-state index in [0.717, 1.165) is 19.4 Å². The maximum atomic E-state index is 12.2. The summed E-state index contributed by atoms with van der Waals surface area (Å²) >= 11 is 5.91. The normalized spacial score (nSPS) is 17.2. The number of rotatable bonds is 4. The van der Waals surface area contributed by atoms with Crippen LogP contribution in [0.2, 0.25) is 5.02 Å². The number of piperidine rings is 1. The Hall–Kier alpha value is -2.54. The monoisotopic (exact) mass is 360 g/mol. The number of nitrogen functional groups attached to an aromatic ring is 1. The second-order valence-electron chi connectivity index (χ2n) is 6.09. The molecule has 2 heterocycles. The van der Waals surface area contributed by atoms with Gasteiger partial charge in [-0.1, -0.05) is 17.7 Å². The molecule has 0 aliphatic carbocycles. The predicted octanol–water partition coefficient (Wildman–Crippen LogP) is 2.85. The average Bonchev–Trinajstić information content (AvgIpc) is 2.61. The summed E-state index contributed by atoms with van der Waals surface area (Å²) in [5.41, 5.74) is 12.5. The van der Waals surface area contributed by atoms with Crippen molar-refractivity contribution in [2.45, 2.75) is 32.2 Å². The van der Waals surface area contributed by atoms with Crippen molar-refractivity contribution >= 4 is 34.8 Å². The first-order valence-electron chi connectivity index (χ1n) is 8.25. The van der Waals surface area contributed by atoms with Crippen LogP contribution in [0.1, 0.15) is 36.5 Å². The van der Waals surface area contributed by atoms with Crippen molar-refractivity contribution in [2.24, 2.45) is 0 Å². The van der Waals surface area contributed by atoms with E-state index in [0.29, 0.717) is 34.0 Å². The fourth-order valence-electron chi connectivity index (χ4n) is 2.95. The first-order valence-corrected chi connectivity index (χ1v) is 8.63. The van der Waals surface area contributed by atoms with Crippen LogP contribution >= 0.6 is 11.6 Å². The number of nitrogens with two attached hydrogens (primary N) is 1. The summed E-state index contributed by atoms with van der Waals surface area (Å²) in [5.74, 6) is 0.744. The van der Waals surface area contributed by atoms with Gasteiger partial charge in [-0.05, 0) is 44.4 Å². The zero-order valence-corrected chi connectivity index (χ0v) is 14.8. The molecule has 0 radical (unpaired) electrons. The van der Waals surface area contributed by atoms with Gasteiger partial charge in [-0.2, -0.15) is 0 Å². The summed E-state index contributed by atoms with van der Waals surface area (Å²) in [5, 5.41) is 0.496. The summed E-state index contributed by atoms with van der Waals surface area (Å²) in [4.78, 5) is 22.8. The third-order valence-corrected chi connectivity index (χ3v) is 4.55. The molecule has 2 aromatic rings. The van der Waals surface area contributed by atoms with Crippen LogP contribution in [-0.2, 0) is 0 Å². The topological polar surface area (TPSA) is 96.2 Å². The molecule has 1 saturated heterocycles. The van der Waals surface area contributed by atoms with Crippen LogP contribution < -0.4 is 21.5 Å². The van der Waals surface area contributed by atoms with E-state index in [4.69, 9.17) is 17.3 Å². The maximum Gasteiger partial charge on any atom is 0.269 e. The number of nitrogens with one attached hydrogen (secondary N) is 2. The molecule has 1 aromatic heterocycles. The number of anilines is 3. The molecule has 1 unspecified atom stereocenters. The van der Waals surface area contributed by atoms with E-state index in [2.05, 4.69) is 32.6 Å². The Morgan fingerprint density at radius 1 is 1.36 bits per heavy atom. The molecule has 4 N–H and O–H groups in total. The zero-order chi connectivity index (χ0) is 17.8. The van der Waals surface area contributed by atoms with E-state index in [9.17, 15) is 4.79 Å². The van der Waals surface area contributed by atoms with Crippen molar-refractivity contribution in [1.82, 2.24) is 15.4 Å². The van der Waals surface area contributed by atoms with Gasteiger partial charge in [-0.25, -0.2) is 9.97 Å². The smallest absolute Gasteiger partial charge is 0.269 e. The molecule has 1 aliphatic heterocycles. The fourth-order valence-corrected chi connectivity index (χ4v) is 3.14. The van der Waals surface area contributed by atoms with Crippen molar-refractivity contribution in [3.05, 3.63) is 41.2 Å². The van der Waals surface area contributed by atoms with Crippen molar-refractivity contribution in [3.8, 4) is 0 Å². The number of nitrogens with zero attached hydrogens (tertiary/aromatic N) is 3. The Morgan fingerprint density at radius 3 is 2.96 bits per heavy atom. The lowest BCUT2D eigenvalue weighted by Gasteiger charge is -2.35. The Morgan fingerprint density at radius 2 is 2.20 bits per heavy atom. The van der Waals surface area contributed by atoms with Crippen LogP contribution in [0.15, 0.2) is 30.6 Å². The molecule has 1 aliphatic rings. The molecule has 1 atom stereocenters. The van der Waals surface area contributed by atoms with Crippen LogP contribution in [0.25, 0.3) is 0 Å². The number of benzene rings is 1. The van der Waals surface area contributed by atoms with Crippen LogP contribution in [0.4, 0.5) is 17.3 Å². The first kappa shape index (κ1) is 17.3. The van der Waals surface area contributed by atoms with Gasteiger partial charge in [0.25, 0.3) is 5.91 Å². The van der Waals surface area contributed by atoms with Gasteiger partial charge < -0.3 is 10.6 Å². The number of hydrogen-bond acceptors (Lipinski definition) is 6. The lowest BCUT2D eigenvalue weighted by atomic mass is 10.0. The number of halogens is 1. The molecule has 0 bridgehead atoms. The van der Waals surface area contributed by atoms with Gasteiger partial charge in [0.2, 0.25) is 0 Å². The second-order valence-corrected chi connectivity index (χ2v) is 6.52. The zero-order valence-electron chi connectivity index (χ0n) is 14.0. The van der Waals surface area contributed by atoms with Crippen molar-refractivity contribution in [2.75, 3.05) is 22.6 Å². The molecular formula is C17H21ClN6O. The van der Waals surface area contributed by atoms with E-state index in [1.807, 2.05) is 0 Å². The fraction of sp³-hybridized carbons (Fsp3) is 0.353. The van der Waals surface area contributed by atoms with Gasteiger partial charge in [0.1, 0.15) is 12.0 Å². The lowest BCUT2D eigenvalue weighted by Crippen LogP contribution is -2.39. The van der Waals surface area contributed by atoms with Gasteiger partial charge in [0.05, 0.1) is 0 Å². The molecule has 3 rings (SSSR count). The number of hydrogen-bond donors (Lipinski definition) is 3. The van der Waals surface area contributed by atoms with E-state index < -0.39 is 0 Å². The Balaban J connectivity index is 1.73. The molecule has 8 heteroatoms. The highest BCUT2D eigenvalue weighted by Crippen LogP contribution is 2.30. The quantitative estimate of drug-likeness (QED) is 0.725. The summed E-state index contributed by atoms with van der Waals surface area (Å²) in [6.07, 6.45) is 4.88. The number of aromatic nitrogens is 2. The Labute approximate surface area is 151 Å². The minimum atomic E-state index is -0.326. The van der Waals surface area contributed by atoms with Crippen LogP contribution in [-0.4, -0.2) is 28.5 Å². The second kappa shape index (κ2) is 7.57. The highest BCUT2D eigenvalue weighted by Gasteiger charge is 2.23. The van der Waals surface area contributed by atoms with E-state index in [1.165, 1.54) is 12.7 Å². The summed E-state index contributed by atoms with van der Waals surface area (Å²) < 4.78 is 0. The molecule has 0 saturated carbocycles. The SMILES string of the molecule is CC1CCCCN1c1ncnc(NNC(=O)c2cccc(Cl)c2)c1N. The highest BCUT2D eigenvalue weighted by atomic mass is 35.5. The third kappa shape index (κ3) is 3.93. The predicted molar refractivity (Wildman–Crippen MR) is 99.6 cm³/mol. The van der Waals surface area contributed by atoms with E-state index in [-0.39, 0.29) is 5.91 Å². The minimum Gasteiger partial charge on any atom is -0.393 e. The van der Waals surface area contributed by atoms with E-state index in [1.54, 1.807) is 24.3 Å². The number of carbonyl (C=O) groups excluding carboxylic acids is 1. The molecule has 1 fully saturated rings. The van der Waals surface area contributed by atoms with Gasteiger partial charge >= 0.3 is 0 Å². The summed E-state index contributed by atoms with van der Waals surface area (Å²) in [6, 6.07) is 7.06. The van der Waals surface area contributed by atoms with Crippen molar-refractivity contribution < 1.29 is 4.79 Å². The molecule has 1 aromatic carbocycles. The van der Waals surface area contributed by atoms with Crippen molar-refractivity contribution in [3.63, 3.8) is 0 Å². The van der Waals surface area contributed by atoms with Crippen molar-refractivity contribution in [1.29, 1.82) is 0 Å². The largest absolute Gasteiger partial charge is 0.393 e. The lowest BCUT2D eigenvalue weighted by molar-refractivity contribution is 0.0962. The third-order valence-electron chi connectivity index (χ3n) is 4.32. The average molecular weight is 361 g/mol. The highest BCUT2D eigenvalue weighted by molar-refractivity contribution is 6.30. The molecule has 1 amide bonds. The Bertz CT molecular complexity index is 769. The number of carbonyl (C=O) groups is 1. The van der Waals surface area contributed by atoms with Crippen LogP contribution in [0, 0.1) is 0 Å². The van der Waals surface area contributed by atoms with Gasteiger partial charge in [-0.15, -0.1) is 0 Å². The summed E-state index contributed by atoms with van der Waals surface area (Å²) in [7, 11) is 0. The molecule has 0 spiro atoms. The van der Waals surface area contributed by atoms with Crippen LogP contribution in [0.5, 0.6) is 0 Å². The van der Waals surface area contributed by atoms with E-state index >= 15 is 0 Å². The maximum absolute atomic E-state index is 12.2. The molecule has 132 valence electrons. The Kier molecular flexibility index (Phi) is 5.23. The van der Waals surface area contributed by atoms with Crippen LogP contribution in [0.3, 0.4) is 0 Å². The van der Waals surface area contributed by atoms with Gasteiger partial charge in [-0.3, -0.25) is 15.6 Å². The first-order chi connectivity index (χ1) is 12.1. The van der Waals surface area contributed by atoms with Gasteiger partial charge in [0, 0.05) is 23.2 Å².